The largest absolute Gasteiger partial charge is 0.278 e. The Hall–Kier alpha value is -2.22. The van der Waals surface area contributed by atoms with Crippen molar-refractivity contribution < 1.29 is 14.0 Å². The first-order chi connectivity index (χ1) is 9.63. The van der Waals surface area contributed by atoms with E-state index in [9.17, 15) is 14.0 Å². The lowest BCUT2D eigenvalue weighted by Crippen LogP contribution is -2.31. The molecule has 1 aliphatic heterocycles. The number of rotatable bonds is 2. The zero-order chi connectivity index (χ0) is 14.3. The number of fused-ring (bicyclic) bond motifs is 1. The molecule has 0 spiro atoms. The van der Waals surface area contributed by atoms with E-state index in [0.717, 1.165) is 24.2 Å². The molecule has 2 amide bonds. The normalized spacial score (nSPS) is 24.9. The summed E-state index contributed by atoms with van der Waals surface area (Å²) in [5.41, 5.74) is 0.146. The number of hydrogen-bond acceptors (Lipinski definition) is 3. The van der Waals surface area contributed by atoms with Crippen LogP contribution >= 0.6 is 0 Å². The average molecular weight is 272 g/mol. The highest BCUT2D eigenvalue weighted by molar-refractivity contribution is 6.05. The summed E-state index contributed by atoms with van der Waals surface area (Å²) >= 11 is 0. The highest BCUT2D eigenvalue weighted by Crippen LogP contribution is 2.40. The van der Waals surface area contributed by atoms with Crippen LogP contribution in [0.3, 0.4) is 0 Å². The molecule has 2 unspecified atom stereocenters. The molecule has 0 radical (unpaired) electrons. The van der Waals surface area contributed by atoms with Crippen LogP contribution in [-0.4, -0.2) is 16.7 Å². The number of nitrogens with zero attached hydrogens (tertiary/aromatic N) is 2. The van der Waals surface area contributed by atoms with Gasteiger partial charge in [0.1, 0.15) is 11.9 Å². The fourth-order valence-corrected chi connectivity index (χ4v) is 3.17. The topological polar surface area (TPSA) is 61.2 Å². The third kappa shape index (κ3) is 1.80. The first kappa shape index (κ1) is 12.8. The number of likely N-dealkylation sites (tertiary alicyclic amines) is 1. The van der Waals surface area contributed by atoms with Crippen molar-refractivity contribution in [3.63, 3.8) is 0 Å². The highest BCUT2D eigenvalue weighted by Gasteiger charge is 2.49. The Morgan fingerprint density at radius 1 is 1.25 bits per heavy atom. The van der Waals surface area contributed by atoms with Crippen LogP contribution in [0.15, 0.2) is 18.2 Å². The predicted molar refractivity (Wildman–Crippen MR) is 67.5 cm³/mol. The summed E-state index contributed by atoms with van der Waals surface area (Å²) in [5, 5.41) is 8.80. The van der Waals surface area contributed by atoms with Crippen LogP contribution in [0.2, 0.25) is 0 Å². The van der Waals surface area contributed by atoms with E-state index in [1.54, 1.807) is 12.1 Å². The molecule has 1 saturated carbocycles. The van der Waals surface area contributed by atoms with Crippen LogP contribution in [0.4, 0.5) is 4.39 Å². The zero-order valence-electron chi connectivity index (χ0n) is 10.8. The van der Waals surface area contributed by atoms with Crippen molar-refractivity contribution in [1.29, 1.82) is 5.26 Å². The summed E-state index contributed by atoms with van der Waals surface area (Å²) in [6, 6.07) is 6.20. The summed E-state index contributed by atoms with van der Waals surface area (Å²) in [7, 11) is 0. The molecule has 2 fully saturated rings. The number of carbonyl (C=O) groups is 2. The molecule has 1 aromatic carbocycles. The summed E-state index contributed by atoms with van der Waals surface area (Å²) in [6.07, 6.45) is 2.39. The van der Waals surface area contributed by atoms with E-state index in [0.29, 0.717) is 0 Å². The van der Waals surface area contributed by atoms with E-state index in [4.69, 9.17) is 5.26 Å². The molecule has 3 rings (SSSR count). The van der Waals surface area contributed by atoms with Crippen LogP contribution in [0.25, 0.3) is 0 Å². The Kier molecular flexibility index (Phi) is 3.01. The van der Waals surface area contributed by atoms with Crippen molar-refractivity contribution in [3.05, 3.63) is 35.1 Å². The number of amides is 2. The van der Waals surface area contributed by atoms with Gasteiger partial charge in [-0.3, -0.25) is 14.5 Å². The van der Waals surface area contributed by atoms with Gasteiger partial charge in [-0.2, -0.15) is 5.26 Å². The van der Waals surface area contributed by atoms with Crippen LogP contribution in [-0.2, 0) is 16.1 Å². The monoisotopic (exact) mass is 272 g/mol. The first-order valence-electron chi connectivity index (χ1n) is 6.66. The fraction of sp³-hybridized carbons (Fsp3) is 0.400. The van der Waals surface area contributed by atoms with Gasteiger partial charge < -0.3 is 0 Å². The Bertz CT molecular complexity index is 613. The lowest BCUT2D eigenvalue weighted by atomic mass is 10.00. The average Bonchev–Trinajstić information content (AvgIpc) is 3.01. The van der Waals surface area contributed by atoms with Gasteiger partial charge in [0.25, 0.3) is 0 Å². The van der Waals surface area contributed by atoms with Crippen molar-refractivity contribution in [3.8, 4) is 6.07 Å². The third-order valence-corrected chi connectivity index (χ3v) is 4.21. The quantitative estimate of drug-likeness (QED) is 0.773. The third-order valence-electron chi connectivity index (χ3n) is 4.21. The summed E-state index contributed by atoms with van der Waals surface area (Å²) in [4.78, 5) is 25.5. The van der Waals surface area contributed by atoms with Gasteiger partial charge in [0.05, 0.1) is 23.9 Å². The maximum absolute atomic E-state index is 14.0. The second-order valence-electron chi connectivity index (χ2n) is 5.30. The molecule has 0 bridgehead atoms. The zero-order valence-corrected chi connectivity index (χ0v) is 10.8. The standard InChI is InChI=1S/C15H13FN2O2/c16-13-9(7-17)3-1-4-10(13)8-18-14(19)11-5-2-6-12(11)15(18)20/h1,3-4,11-12H,2,5-6,8H2. The number of halogens is 1. The molecular weight excluding hydrogens is 259 g/mol. The second kappa shape index (κ2) is 4.71. The van der Waals surface area contributed by atoms with Crippen molar-refractivity contribution in [2.24, 2.45) is 11.8 Å². The number of carbonyl (C=O) groups excluding carboxylic acids is 2. The second-order valence-corrected chi connectivity index (χ2v) is 5.30. The van der Waals surface area contributed by atoms with Gasteiger partial charge in [0.15, 0.2) is 0 Å². The van der Waals surface area contributed by atoms with Gasteiger partial charge in [-0.15, -0.1) is 0 Å². The number of hydrogen-bond donors (Lipinski definition) is 0. The number of benzene rings is 1. The smallest absolute Gasteiger partial charge is 0.233 e. The molecule has 1 heterocycles. The Morgan fingerprint density at radius 2 is 1.90 bits per heavy atom. The van der Waals surface area contributed by atoms with Crippen LogP contribution in [0.1, 0.15) is 30.4 Å². The molecule has 1 aromatic rings. The highest BCUT2D eigenvalue weighted by atomic mass is 19.1. The molecule has 0 aromatic heterocycles. The maximum atomic E-state index is 14.0. The fourth-order valence-electron chi connectivity index (χ4n) is 3.17. The van der Waals surface area contributed by atoms with E-state index in [-0.39, 0.29) is 41.3 Å². The van der Waals surface area contributed by atoms with Crippen molar-refractivity contribution in [1.82, 2.24) is 4.90 Å². The van der Waals surface area contributed by atoms with E-state index in [1.165, 1.54) is 12.1 Å². The minimum Gasteiger partial charge on any atom is -0.278 e. The first-order valence-corrected chi connectivity index (χ1v) is 6.66. The summed E-state index contributed by atoms with van der Waals surface area (Å²) in [5.74, 6) is -1.47. The summed E-state index contributed by atoms with van der Waals surface area (Å²) in [6.45, 7) is -0.0774. The number of nitriles is 1. The molecule has 0 N–H and O–H groups in total. The minimum atomic E-state index is -0.646. The van der Waals surface area contributed by atoms with Gasteiger partial charge in [0.2, 0.25) is 11.8 Å². The molecule has 1 aliphatic carbocycles. The van der Waals surface area contributed by atoms with Crippen molar-refractivity contribution in [2.75, 3.05) is 0 Å². The van der Waals surface area contributed by atoms with E-state index in [1.807, 2.05) is 0 Å². The lowest BCUT2D eigenvalue weighted by Gasteiger charge is -2.16. The van der Waals surface area contributed by atoms with Crippen molar-refractivity contribution >= 4 is 11.8 Å². The Balaban J connectivity index is 1.88. The minimum absolute atomic E-state index is 0.0678. The molecule has 2 aliphatic rings. The van der Waals surface area contributed by atoms with E-state index >= 15 is 0 Å². The molecule has 20 heavy (non-hydrogen) atoms. The molecule has 102 valence electrons. The summed E-state index contributed by atoms with van der Waals surface area (Å²) < 4.78 is 14.0. The molecule has 2 atom stereocenters. The molecule has 1 saturated heterocycles. The van der Waals surface area contributed by atoms with E-state index < -0.39 is 5.82 Å². The predicted octanol–water partition coefficient (Wildman–Crippen LogP) is 1.98. The molecule has 4 nitrogen and oxygen atoms in total. The van der Waals surface area contributed by atoms with Crippen LogP contribution in [0.5, 0.6) is 0 Å². The van der Waals surface area contributed by atoms with Crippen LogP contribution in [0, 0.1) is 29.0 Å². The van der Waals surface area contributed by atoms with Gasteiger partial charge >= 0.3 is 0 Å². The Labute approximate surface area is 115 Å². The van der Waals surface area contributed by atoms with Gasteiger partial charge in [-0.1, -0.05) is 18.6 Å². The van der Waals surface area contributed by atoms with E-state index in [2.05, 4.69) is 0 Å². The molecular formula is C15H13FN2O2. The maximum Gasteiger partial charge on any atom is 0.233 e. The molecule has 5 heteroatoms. The number of imide groups is 1. The lowest BCUT2D eigenvalue weighted by molar-refractivity contribution is -0.141. The SMILES string of the molecule is N#Cc1cccc(CN2C(=O)C3CCCC3C2=O)c1F. The van der Waals surface area contributed by atoms with Crippen molar-refractivity contribution in [2.45, 2.75) is 25.8 Å². The van der Waals surface area contributed by atoms with Gasteiger partial charge in [-0.25, -0.2) is 4.39 Å². The van der Waals surface area contributed by atoms with Crippen LogP contribution < -0.4 is 0 Å². The van der Waals surface area contributed by atoms with Gasteiger partial charge in [0, 0.05) is 5.56 Å². The van der Waals surface area contributed by atoms with Gasteiger partial charge in [-0.05, 0) is 18.9 Å². The Morgan fingerprint density at radius 3 is 2.50 bits per heavy atom.